The van der Waals surface area contributed by atoms with Crippen LogP contribution in [0.25, 0.3) is 0 Å². The molecule has 1 aliphatic carbocycles. The van der Waals surface area contributed by atoms with Crippen molar-refractivity contribution in [1.29, 1.82) is 0 Å². The molecule has 1 radical (unpaired) electrons. The van der Waals surface area contributed by atoms with Gasteiger partial charge in [-0.1, -0.05) is 0 Å². The molecule has 0 nitrogen and oxygen atoms in total. The van der Waals surface area contributed by atoms with E-state index in [-0.39, 0.29) is 0 Å². The molecule has 1 atom stereocenters. The first kappa shape index (κ1) is 21.3. The Balaban J connectivity index is 2.11. The summed E-state index contributed by atoms with van der Waals surface area (Å²) >= 11 is -3.81. The SMILES string of the molecule is FC1=C(F)/C(=C/[As](c2ccccc2)(c2ccccc2)c2ccccc2)C(F)C(F)=C1F. The standard InChI is InChI=1S/C25H17AsF5/c27-21-20(22(28)24(30)25(31)23(21)29)16-26(17-10-4-1-5-11-17,18-12-6-2-7-13-18)19-14-8-3-9-15-19/h1-16,21H/b20-16+. The number of benzene rings is 3. The molecule has 0 aliphatic heterocycles. The van der Waals surface area contributed by atoms with Crippen molar-refractivity contribution in [3.05, 3.63) is 125 Å². The molecule has 4 rings (SSSR count). The van der Waals surface area contributed by atoms with E-state index >= 15 is 0 Å². The zero-order valence-electron chi connectivity index (χ0n) is 16.2. The molecule has 157 valence electrons. The van der Waals surface area contributed by atoms with Crippen LogP contribution in [0.1, 0.15) is 0 Å². The summed E-state index contributed by atoms with van der Waals surface area (Å²) in [6, 6.07) is 27.3. The van der Waals surface area contributed by atoms with Gasteiger partial charge in [-0.15, -0.1) is 0 Å². The Kier molecular flexibility index (Phi) is 5.97. The summed E-state index contributed by atoms with van der Waals surface area (Å²) in [5.74, 6) is -7.80. The van der Waals surface area contributed by atoms with E-state index in [1.807, 2.05) is 54.6 Å². The van der Waals surface area contributed by atoms with Crippen LogP contribution in [0.15, 0.2) is 125 Å². The molecule has 31 heavy (non-hydrogen) atoms. The molecule has 0 N–H and O–H groups in total. The summed E-state index contributed by atoms with van der Waals surface area (Å²) in [6.07, 6.45) is -2.73. The second kappa shape index (κ2) is 8.68. The molecule has 0 heterocycles. The van der Waals surface area contributed by atoms with Gasteiger partial charge in [-0.3, -0.25) is 0 Å². The van der Waals surface area contributed by atoms with Crippen molar-refractivity contribution in [3.8, 4) is 0 Å². The second-order valence-electron chi connectivity index (χ2n) is 6.97. The first-order valence-electron chi connectivity index (χ1n) is 9.50. The number of hydrogen-bond acceptors (Lipinski definition) is 0. The van der Waals surface area contributed by atoms with E-state index in [9.17, 15) is 22.0 Å². The minimum atomic E-state index is -3.81. The van der Waals surface area contributed by atoms with Crippen molar-refractivity contribution in [2.45, 2.75) is 6.17 Å². The number of hydrogen-bond donors (Lipinski definition) is 0. The fourth-order valence-corrected chi connectivity index (χ4v) is 11.9. The van der Waals surface area contributed by atoms with Crippen LogP contribution in [0.4, 0.5) is 22.0 Å². The Bertz CT molecular complexity index is 1070. The normalized spacial score (nSPS) is 18.6. The number of rotatable bonds is 4. The van der Waals surface area contributed by atoms with Crippen LogP contribution in [0.5, 0.6) is 0 Å². The summed E-state index contributed by atoms with van der Waals surface area (Å²) in [5.41, 5.74) is -0.819. The van der Waals surface area contributed by atoms with Crippen molar-refractivity contribution in [2.24, 2.45) is 0 Å². The molecule has 6 heteroatoms. The molecule has 0 bridgehead atoms. The van der Waals surface area contributed by atoms with Gasteiger partial charge in [0.15, 0.2) is 0 Å². The quantitative estimate of drug-likeness (QED) is 0.347. The summed E-state index contributed by atoms with van der Waals surface area (Å²) < 4.78 is 73.8. The van der Waals surface area contributed by atoms with Gasteiger partial charge in [0.25, 0.3) is 0 Å². The number of halogens is 5. The third-order valence-corrected chi connectivity index (χ3v) is 13.6. The fraction of sp³-hybridized carbons (Fsp3) is 0.0400. The Morgan fingerprint density at radius 3 is 1.32 bits per heavy atom. The van der Waals surface area contributed by atoms with E-state index in [1.54, 1.807) is 36.4 Å². The molecule has 0 spiro atoms. The van der Waals surface area contributed by atoms with Crippen molar-refractivity contribution in [2.75, 3.05) is 0 Å². The molecule has 0 aromatic heterocycles. The summed E-state index contributed by atoms with van der Waals surface area (Å²) in [4.78, 5) is 1.32. The van der Waals surface area contributed by atoms with Crippen molar-refractivity contribution >= 4 is 26.6 Å². The van der Waals surface area contributed by atoms with Crippen molar-refractivity contribution in [3.63, 3.8) is 0 Å². The Morgan fingerprint density at radius 2 is 0.935 bits per heavy atom. The number of alkyl halides is 1. The predicted octanol–water partition coefficient (Wildman–Crippen LogP) is 5.28. The average Bonchev–Trinajstić information content (AvgIpc) is 2.83. The van der Waals surface area contributed by atoms with Gasteiger partial charge >= 0.3 is 179 Å². The van der Waals surface area contributed by atoms with E-state index in [4.69, 9.17) is 0 Å². The first-order valence-corrected chi connectivity index (χ1v) is 13.4. The summed E-state index contributed by atoms with van der Waals surface area (Å²) in [5, 5.41) is 0. The van der Waals surface area contributed by atoms with Crippen molar-refractivity contribution in [1.82, 2.24) is 0 Å². The van der Waals surface area contributed by atoms with Crippen LogP contribution in [0, 0.1) is 0 Å². The maximum atomic E-state index is 14.8. The van der Waals surface area contributed by atoms with Gasteiger partial charge in [-0.05, 0) is 0 Å². The molecule has 1 aliphatic rings. The molecule has 0 fully saturated rings. The fourth-order valence-electron chi connectivity index (χ4n) is 3.68. The van der Waals surface area contributed by atoms with E-state index in [2.05, 4.69) is 0 Å². The third-order valence-electron chi connectivity index (χ3n) is 5.17. The second-order valence-corrected chi connectivity index (χ2v) is 13.8. The van der Waals surface area contributed by atoms with Gasteiger partial charge < -0.3 is 0 Å². The topological polar surface area (TPSA) is 0 Å². The molecule has 1 unspecified atom stereocenters. The van der Waals surface area contributed by atoms with E-state index in [0.29, 0.717) is 0 Å². The molecular formula is C25H17AsF5. The molecule has 3 aromatic rings. The van der Waals surface area contributed by atoms with E-state index < -0.39 is 48.6 Å². The summed E-state index contributed by atoms with van der Waals surface area (Å²) in [7, 11) is 0. The van der Waals surface area contributed by atoms with Crippen molar-refractivity contribution < 1.29 is 22.0 Å². The molecule has 0 amide bonds. The van der Waals surface area contributed by atoms with Crippen LogP contribution in [-0.4, -0.2) is 19.7 Å². The van der Waals surface area contributed by atoms with Crippen LogP contribution in [0.2, 0.25) is 0 Å². The van der Waals surface area contributed by atoms with Crippen LogP contribution in [-0.2, 0) is 0 Å². The van der Waals surface area contributed by atoms with Gasteiger partial charge in [0.05, 0.1) is 0 Å². The van der Waals surface area contributed by atoms with Crippen LogP contribution in [0.3, 0.4) is 0 Å². The van der Waals surface area contributed by atoms with Crippen LogP contribution < -0.4 is 13.1 Å². The number of allylic oxidation sites excluding steroid dienone is 5. The van der Waals surface area contributed by atoms with Gasteiger partial charge in [0.2, 0.25) is 0 Å². The zero-order chi connectivity index (χ0) is 22.0. The molecule has 0 saturated carbocycles. The molecule has 3 aromatic carbocycles. The van der Waals surface area contributed by atoms with Gasteiger partial charge in [0, 0.05) is 0 Å². The average molecular weight is 487 g/mol. The third kappa shape index (κ3) is 3.68. The first-order chi connectivity index (χ1) is 15.0. The summed E-state index contributed by atoms with van der Waals surface area (Å²) in [6.45, 7) is 0. The molecule has 0 saturated heterocycles. The monoisotopic (exact) mass is 487 g/mol. The Hall–Kier alpha value is -2.91. The van der Waals surface area contributed by atoms with Crippen LogP contribution >= 0.6 is 0 Å². The van der Waals surface area contributed by atoms with Gasteiger partial charge in [-0.25, -0.2) is 0 Å². The Morgan fingerprint density at radius 1 is 0.548 bits per heavy atom. The van der Waals surface area contributed by atoms with E-state index in [0.717, 1.165) is 13.1 Å². The van der Waals surface area contributed by atoms with Gasteiger partial charge in [0.1, 0.15) is 0 Å². The molecular weight excluding hydrogens is 470 g/mol. The zero-order valence-corrected chi connectivity index (χ0v) is 18.0. The van der Waals surface area contributed by atoms with Gasteiger partial charge in [-0.2, -0.15) is 0 Å². The van der Waals surface area contributed by atoms with E-state index in [1.165, 1.54) is 4.86 Å². The predicted molar refractivity (Wildman–Crippen MR) is 115 cm³/mol. The maximum absolute atomic E-state index is 14.8. The minimum absolute atomic E-state index is 0.793. The Labute approximate surface area is 179 Å².